The number of nitrogens with two attached hydrogens (primary N) is 1. The van der Waals surface area contributed by atoms with Crippen LogP contribution in [-0.2, 0) is 0 Å². The molecule has 0 aliphatic heterocycles. The summed E-state index contributed by atoms with van der Waals surface area (Å²) in [5, 5.41) is 0. The molecule has 2 rings (SSSR count). The Kier molecular flexibility index (Phi) is 2.14. The lowest BCUT2D eigenvalue weighted by Crippen LogP contribution is -2.10. The van der Waals surface area contributed by atoms with Gasteiger partial charge < -0.3 is 14.9 Å². The fourth-order valence-corrected chi connectivity index (χ4v) is 1.10. The maximum Gasteiger partial charge on any atom is 0.181 e. The highest BCUT2D eigenvalue weighted by molar-refractivity contribution is 5.73. The minimum absolute atomic E-state index is 0.508. The molecule has 0 bridgehead atoms. The van der Waals surface area contributed by atoms with Gasteiger partial charge in [0.25, 0.3) is 0 Å². The Morgan fingerprint density at radius 3 is 3.23 bits per heavy atom. The Morgan fingerprint density at radius 1 is 1.46 bits per heavy atom. The predicted molar refractivity (Wildman–Crippen MR) is 48.6 cm³/mol. The molecule has 0 aliphatic rings. The number of fused-ring (bicyclic) bond motifs is 1. The fraction of sp³-hybridized carbons (Fsp3) is 0.222. The van der Waals surface area contributed by atoms with Gasteiger partial charge in [0.05, 0.1) is 0 Å². The van der Waals surface area contributed by atoms with Crippen molar-refractivity contribution in [1.29, 1.82) is 0 Å². The number of nitrogens with zero attached hydrogens (tertiary/aromatic N) is 1. The average molecular weight is 178 g/mol. The van der Waals surface area contributed by atoms with Crippen molar-refractivity contribution in [2.75, 3.05) is 13.2 Å². The van der Waals surface area contributed by atoms with Crippen LogP contribution in [0.3, 0.4) is 0 Å². The zero-order chi connectivity index (χ0) is 9.10. The van der Waals surface area contributed by atoms with Crippen molar-refractivity contribution < 1.29 is 9.15 Å². The van der Waals surface area contributed by atoms with Gasteiger partial charge in [-0.05, 0) is 12.1 Å². The molecule has 4 heteroatoms. The van der Waals surface area contributed by atoms with E-state index in [-0.39, 0.29) is 0 Å². The van der Waals surface area contributed by atoms with Gasteiger partial charge in [-0.25, -0.2) is 4.98 Å². The SMILES string of the molecule is NCCOc1ccc2ncoc2c1. The van der Waals surface area contributed by atoms with Gasteiger partial charge >= 0.3 is 0 Å². The number of oxazole rings is 1. The van der Waals surface area contributed by atoms with E-state index >= 15 is 0 Å². The second-order valence-corrected chi connectivity index (χ2v) is 2.62. The van der Waals surface area contributed by atoms with Crippen LogP contribution in [0.25, 0.3) is 11.1 Å². The van der Waals surface area contributed by atoms with Crippen molar-refractivity contribution >= 4 is 11.1 Å². The second kappa shape index (κ2) is 3.45. The number of hydrogen-bond acceptors (Lipinski definition) is 4. The fourth-order valence-electron chi connectivity index (χ4n) is 1.10. The molecule has 13 heavy (non-hydrogen) atoms. The largest absolute Gasteiger partial charge is 0.492 e. The van der Waals surface area contributed by atoms with Crippen LogP contribution in [-0.4, -0.2) is 18.1 Å². The number of ether oxygens (including phenoxy) is 1. The molecule has 1 aromatic carbocycles. The summed E-state index contributed by atoms with van der Waals surface area (Å²) in [6, 6.07) is 5.50. The zero-order valence-corrected chi connectivity index (χ0v) is 7.06. The standard InChI is InChI=1S/C9H10N2O2/c10-3-4-12-7-1-2-8-9(5-7)13-6-11-8/h1-2,5-6H,3-4,10H2. The number of aromatic nitrogens is 1. The normalized spacial score (nSPS) is 10.5. The molecule has 0 saturated carbocycles. The highest BCUT2D eigenvalue weighted by atomic mass is 16.5. The summed E-state index contributed by atoms with van der Waals surface area (Å²) in [5.74, 6) is 0.759. The van der Waals surface area contributed by atoms with Crippen LogP contribution in [0.15, 0.2) is 29.0 Å². The maximum absolute atomic E-state index is 5.32. The summed E-state index contributed by atoms with van der Waals surface area (Å²) >= 11 is 0. The van der Waals surface area contributed by atoms with E-state index in [0.29, 0.717) is 13.2 Å². The maximum atomic E-state index is 5.32. The van der Waals surface area contributed by atoms with E-state index < -0.39 is 0 Å². The molecule has 0 fully saturated rings. The molecule has 1 heterocycles. The van der Waals surface area contributed by atoms with Crippen LogP contribution in [0, 0.1) is 0 Å². The highest BCUT2D eigenvalue weighted by Gasteiger charge is 1.99. The van der Waals surface area contributed by atoms with Crippen LogP contribution in [0.2, 0.25) is 0 Å². The quantitative estimate of drug-likeness (QED) is 0.766. The summed E-state index contributed by atoms with van der Waals surface area (Å²) in [7, 11) is 0. The molecule has 0 unspecified atom stereocenters. The van der Waals surface area contributed by atoms with E-state index in [1.54, 1.807) is 6.07 Å². The third kappa shape index (κ3) is 1.62. The highest BCUT2D eigenvalue weighted by Crippen LogP contribution is 2.19. The molecule has 2 aromatic rings. The minimum atomic E-state index is 0.508. The minimum Gasteiger partial charge on any atom is -0.492 e. The van der Waals surface area contributed by atoms with Gasteiger partial charge in [-0.1, -0.05) is 0 Å². The molecule has 0 radical (unpaired) electrons. The summed E-state index contributed by atoms with van der Waals surface area (Å²) in [6.07, 6.45) is 1.41. The lowest BCUT2D eigenvalue weighted by atomic mass is 10.3. The first kappa shape index (κ1) is 8.07. The van der Waals surface area contributed by atoms with Crippen LogP contribution < -0.4 is 10.5 Å². The molecule has 2 N–H and O–H groups in total. The van der Waals surface area contributed by atoms with E-state index in [0.717, 1.165) is 16.8 Å². The molecule has 0 atom stereocenters. The van der Waals surface area contributed by atoms with E-state index in [1.165, 1.54) is 6.39 Å². The van der Waals surface area contributed by atoms with Gasteiger partial charge in [-0.2, -0.15) is 0 Å². The number of hydrogen-bond donors (Lipinski definition) is 1. The van der Waals surface area contributed by atoms with Crippen molar-refractivity contribution in [3.05, 3.63) is 24.6 Å². The topological polar surface area (TPSA) is 61.3 Å². The zero-order valence-electron chi connectivity index (χ0n) is 7.06. The van der Waals surface area contributed by atoms with Crippen LogP contribution in [0.1, 0.15) is 0 Å². The van der Waals surface area contributed by atoms with E-state index in [2.05, 4.69) is 4.98 Å². The Morgan fingerprint density at radius 2 is 2.38 bits per heavy atom. The third-order valence-electron chi connectivity index (χ3n) is 1.69. The van der Waals surface area contributed by atoms with Gasteiger partial charge in [0, 0.05) is 12.6 Å². The van der Waals surface area contributed by atoms with Crippen molar-refractivity contribution in [1.82, 2.24) is 4.98 Å². The van der Waals surface area contributed by atoms with Crippen molar-refractivity contribution in [2.24, 2.45) is 5.73 Å². The average Bonchev–Trinajstić information content (AvgIpc) is 2.61. The van der Waals surface area contributed by atoms with Crippen molar-refractivity contribution in [3.8, 4) is 5.75 Å². The lowest BCUT2D eigenvalue weighted by Gasteiger charge is -2.02. The summed E-state index contributed by atoms with van der Waals surface area (Å²) in [4.78, 5) is 3.99. The Bertz CT molecular complexity index is 397. The second-order valence-electron chi connectivity index (χ2n) is 2.62. The summed E-state index contributed by atoms with van der Waals surface area (Å²) in [5.41, 5.74) is 6.87. The number of benzene rings is 1. The van der Waals surface area contributed by atoms with Gasteiger partial charge in [-0.3, -0.25) is 0 Å². The lowest BCUT2D eigenvalue weighted by molar-refractivity contribution is 0.328. The van der Waals surface area contributed by atoms with E-state index in [1.807, 2.05) is 12.1 Å². The van der Waals surface area contributed by atoms with Gasteiger partial charge in [0.1, 0.15) is 17.9 Å². The molecule has 0 spiro atoms. The van der Waals surface area contributed by atoms with Gasteiger partial charge in [-0.15, -0.1) is 0 Å². The molecule has 0 saturated heterocycles. The van der Waals surface area contributed by atoms with Crippen LogP contribution in [0.5, 0.6) is 5.75 Å². The third-order valence-corrected chi connectivity index (χ3v) is 1.69. The smallest absolute Gasteiger partial charge is 0.181 e. The molecular weight excluding hydrogens is 168 g/mol. The Labute approximate surface area is 75.3 Å². The first-order chi connectivity index (χ1) is 6.40. The molecule has 0 amide bonds. The summed E-state index contributed by atoms with van der Waals surface area (Å²) in [6.45, 7) is 1.02. The molecule has 4 nitrogen and oxygen atoms in total. The van der Waals surface area contributed by atoms with Crippen molar-refractivity contribution in [3.63, 3.8) is 0 Å². The van der Waals surface area contributed by atoms with E-state index in [9.17, 15) is 0 Å². The predicted octanol–water partition coefficient (Wildman–Crippen LogP) is 1.17. The van der Waals surface area contributed by atoms with Gasteiger partial charge in [0.2, 0.25) is 0 Å². The van der Waals surface area contributed by atoms with Crippen LogP contribution in [0.4, 0.5) is 0 Å². The Balaban J connectivity index is 2.26. The molecule has 1 aromatic heterocycles. The number of rotatable bonds is 3. The molecule has 0 aliphatic carbocycles. The summed E-state index contributed by atoms with van der Waals surface area (Å²) < 4.78 is 10.4. The molecular formula is C9H10N2O2. The van der Waals surface area contributed by atoms with E-state index in [4.69, 9.17) is 14.9 Å². The van der Waals surface area contributed by atoms with Crippen molar-refractivity contribution in [2.45, 2.75) is 0 Å². The first-order valence-corrected chi connectivity index (χ1v) is 4.06. The van der Waals surface area contributed by atoms with Crippen LogP contribution >= 0.6 is 0 Å². The monoisotopic (exact) mass is 178 g/mol. The van der Waals surface area contributed by atoms with Gasteiger partial charge in [0.15, 0.2) is 12.0 Å². The first-order valence-electron chi connectivity index (χ1n) is 4.06. The Hall–Kier alpha value is -1.55. The molecule has 68 valence electrons.